The van der Waals surface area contributed by atoms with Crippen LogP contribution in [0.1, 0.15) is 19.2 Å². The first-order chi connectivity index (χ1) is 9.21. The van der Waals surface area contributed by atoms with E-state index in [1.54, 1.807) is 11.8 Å². The van der Waals surface area contributed by atoms with Crippen LogP contribution < -0.4 is 5.32 Å². The molecule has 2 rings (SSSR count). The fourth-order valence-electron chi connectivity index (χ4n) is 1.71. The Balaban J connectivity index is 2.22. The van der Waals surface area contributed by atoms with Gasteiger partial charge in [-0.2, -0.15) is 0 Å². The number of aromatic nitrogens is 2. The molecule has 3 nitrogen and oxygen atoms in total. The molecule has 0 saturated heterocycles. The lowest BCUT2D eigenvalue weighted by Gasteiger charge is -2.08. The SMILES string of the molecule is CCCc1nc(Br)cc(Nc2cccc(SC)c2)n1. The number of nitrogens with zero attached hydrogens (tertiary/aromatic N) is 2. The van der Waals surface area contributed by atoms with E-state index in [1.807, 2.05) is 18.2 Å². The number of rotatable bonds is 5. The van der Waals surface area contributed by atoms with E-state index >= 15 is 0 Å². The molecule has 100 valence electrons. The van der Waals surface area contributed by atoms with Gasteiger partial charge in [-0.25, -0.2) is 9.97 Å². The molecule has 1 N–H and O–H groups in total. The zero-order valence-electron chi connectivity index (χ0n) is 11.0. The second-order valence-electron chi connectivity index (χ2n) is 4.10. The van der Waals surface area contributed by atoms with Crippen molar-refractivity contribution in [2.75, 3.05) is 11.6 Å². The fraction of sp³-hybridized carbons (Fsp3) is 0.286. The quantitative estimate of drug-likeness (QED) is 0.636. The average Bonchev–Trinajstić information content (AvgIpc) is 2.38. The van der Waals surface area contributed by atoms with Crippen LogP contribution in [0, 0.1) is 0 Å². The van der Waals surface area contributed by atoms with E-state index in [2.05, 4.69) is 56.5 Å². The second-order valence-corrected chi connectivity index (χ2v) is 5.79. The van der Waals surface area contributed by atoms with Crippen molar-refractivity contribution < 1.29 is 0 Å². The van der Waals surface area contributed by atoms with Crippen LogP contribution in [-0.2, 0) is 6.42 Å². The summed E-state index contributed by atoms with van der Waals surface area (Å²) in [7, 11) is 0. The molecule has 0 radical (unpaired) electrons. The van der Waals surface area contributed by atoms with E-state index in [0.717, 1.165) is 34.8 Å². The van der Waals surface area contributed by atoms with Crippen molar-refractivity contribution in [2.45, 2.75) is 24.7 Å². The summed E-state index contributed by atoms with van der Waals surface area (Å²) in [6.07, 6.45) is 4.00. The van der Waals surface area contributed by atoms with Crippen molar-refractivity contribution in [1.82, 2.24) is 9.97 Å². The number of hydrogen-bond acceptors (Lipinski definition) is 4. The molecular weight excluding hydrogens is 322 g/mol. The molecule has 0 unspecified atom stereocenters. The first-order valence-corrected chi connectivity index (χ1v) is 8.17. The average molecular weight is 338 g/mol. The molecule has 1 aromatic heterocycles. The minimum atomic E-state index is 0.814. The zero-order valence-corrected chi connectivity index (χ0v) is 13.4. The van der Waals surface area contributed by atoms with Crippen molar-refractivity contribution in [3.05, 3.63) is 40.8 Å². The van der Waals surface area contributed by atoms with Gasteiger partial charge in [-0.1, -0.05) is 13.0 Å². The lowest BCUT2D eigenvalue weighted by Crippen LogP contribution is -2.00. The summed E-state index contributed by atoms with van der Waals surface area (Å²) in [4.78, 5) is 10.1. The fourth-order valence-corrected chi connectivity index (χ4v) is 2.59. The molecule has 0 aliphatic carbocycles. The Bertz CT molecular complexity index is 560. The van der Waals surface area contributed by atoms with E-state index < -0.39 is 0 Å². The van der Waals surface area contributed by atoms with Crippen LogP contribution in [0.4, 0.5) is 11.5 Å². The highest BCUT2D eigenvalue weighted by molar-refractivity contribution is 9.10. The molecule has 0 atom stereocenters. The van der Waals surface area contributed by atoms with Crippen molar-refractivity contribution in [3.63, 3.8) is 0 Å². The Hall–Kier alpha value is -1.07. The van der Waals surface area contributed by atoms with E-state index in [4.69, 9.17) is 0 Å². The van der Waals surface area contributed by atoms with Gasteiger partial charge in [-0.3, -0.25) is 0 Å². The number of anilines is 2. The zero-order chi connectivity index (χ0) is 13.7. The van der Waals surface area contributed by atoms with E-state index in [1.165, 1.54) is 4.90 Å². The Morgan fingerprint density at radius 1 is 1.26 bits per heavy atom. The second kappa shape index (κ2) is 6.91. The number of thioether (sulfide) groups is 1. The highest BCUT2D eigenvalue weighted by Crippen LogP contribution is 2.22. The van der Waals surface area contributed by atoms with Gasteiger partial charge in [0, 0.05) is 23.1 Å². The number of hydrogen-bond donors (Lipinski definition) is 1. The molecular formula is C14H16BrN3S. The van der Waals surface area contributed by atoms with Crippen LogP contribution in [0.2, 0.25) is 0 Å². The molecule has 0 amide bonds. The highest BCUT2D eigenvalue weighted by atomic mass is 79.9. The van der Waals surface area contributed by atoms with E-state index in [0.29, 0.717) is 0 Å². The van der Waals surface area contributed by atoms with E-state index in [9.17, 15) is 0 Å². The molecule has 0 spiro atoms. The minimum Gasteiger partial charge on any atom is -0.340 e. The summed E-state index contributed by atoms with van der Waals surface area (Å²) >= 11 is 5.16. The molecule has 0 saturated carbocycles. The van der Waals surface area contributed by atoms with Gasteiger partial charge in [0.15, 0.2) is 0 Å². The predicted octanol–water partition coefficient (Wildman–Crippen LogP) is 4.66. The predicted molar refractivity (Wildman–Crippen MR) is 85.2 cm³/mol. The summed E-state index contributed by atoms with van der Waals surface area (Å²) in [6, 6.07) is 10.2. The summed E-state index contributed by atoms with van der Waals surface area (Å²) in [6.45, 7) is 2.12. The maximum Gasteiger partial charge on any atom is 0.135 e. The first kappa shape index (κ1) is 14.3. The van der Waals surface area contributed by atoms with Gasteiger partial charge in [-0.05, 0) is 46.8 Å². The van der Waals surface area contributed by atoms with Crippen LogP contribution in [0.15, 0.2) is 39.8 Å². The summed E-state index contributed by atoms with van der Waals surface area (Å²) < 4.78 is 0.814. The van der Waals surface area contributed by atoms with Gasteiger partial charge in [0.2, 0.25) is 0 Å². The highest BCUT2D eigenvalue weighted by Gasteiger charge is 2.03. The molecule has 1 aromatic carbocycles. The van der Waals surface area contributed by atoms with Crippen LogP contribution in [0.3, 0.4) is 0 Å². The van der Waals surface area contributed by atoms with Gasteiger partial charge in [0.1, 0.15) is 16.2 Å². The van der Waals surface area contributed by atoms with Crippen LogP contribution in [-0.4, -0.2) is 16.2 Å². The maximum atomic E-state index is 4.52. The third kappa shape index (κ3) is 4.21. The minimum absolute atomic E-state index is 0.814. The van der Waals surface area contributed by atoms with Crippen molar-refractivity contribution >= 4 is 39.2 Å². The third-order valence-electron chi connectivity index (χ3n) is 2.56. The van der Waals surface area contributed by atoms with Gasteiger partial charge >= 0.3 is 0 Å². The molecule has 5 heteroatoms. The van der Waals surface area contributed by atoms with Gasteiger partial charge in [0.05, 0.1) is 0 Å². The van der Waals surface area contributed by atoms with Gasteiger partial charge in [0.25, 0.3) is 0 Å². The van der Waals surface area contributed by atoms with E-state index in [-0.39, 0.29) is 0 Å². The molecule has 0 fully saturated rings. The molecule has 2 aromatic rings. The molecule has 19 heavy (non-hydrogen) atoms. The lowest BCUT2D eigenvalue weighted by atomic mass is 10.3. The van der Waals surface area contributed by atoms with Crippen LogP contribution in [0.25, 0.3) is 0 Å². The first-order valence-electron chi connectivity index (χ1n) is 6.16. The summed E-state index contributed by atoms with van der Waals surface area (Å²) in [5.74, 6) is 1.68. The van der Waals surface area contributed by atoms with Gasteiger partial charge in [-0.15, -0.1) is 11.8 Å². The van der Waals surface area contributed by atoms with Crippen LogP contribution in [0.5, 0.6) is 0 Å². The Labute approximate surface area is 126 Å². The molecule has 0 aliphatic heterocycles. The van der Waals surface area contributed by atoms with Crippen LogP contribution >= 0.6 is 27.7 Å². The maximum absolute atomic E-state index is 4.52. The third-order valence-corrected chi connectivity index (χ3v) is 3.69. The van der Waals surface area contributed by atoms with Gasteiger partial charge < -0.3 is 5.32 Å². The normalized spacial score (nSPS) is 10.5. The molecule has 0 aliphatic rings. The number of aryl methyl sites for hydroxylation is 1. The van der Waals surface area contributed by atoms with Crippen molar-refractivity contribution in [1.29, 1.82) is 0 Å². The summed E-state index contributed by atoms with van der Waals surface area (Å²) in [5, 5.41) is 3.32. The topological polar surface area (TPSA) is 37.8 Å². The van der Waals surface area contributed by atoms with Crippen molar-refractivity contribution in [2.24, 2.45) is 0 Å². The van der Waals surface area contributed by atoms with Crippen molar-refractivity contribution in [3.8, 4) is 0 Å². The Kier molecular flexibility index (Phi) is 5.22. The standard InChI is InChI=1S/C14H16BrN3S/c1-3-5-13-17-12(15)9-14(18-13)16-10-6-4-7-11(8-10)19-2/h4,6-9H,3,5H2,1-2H3,(H,16,17,18). The number of benzene rings is 1. The molecule has 1 heterocycles. The number of nitrogens with one attached hydrogen (secondary N) is 1. The summed E-state index contributed by atoms with van der Waals surface area (Å²) in [5.41, 5.74) is 1.04. The Morgan fingerprint density at radius 2 is 2.11 bits per heavy atom. The number of halogens is 1. The smallest absolute Gasteiger partial charge is 0.135 e. The molecule has 0 bridgehead atoms. The Morgan fingerprint density at radius 3 is 2.84 bits per heavy atom. The monoisotopic (exact) mass is 337 g/mol. The largest absolute Gasteiger partial charge is 0.340 e. The lowest BCUT2D eigenvalue weighted by molar-refractivity contribution is 0.831.